The molecule has 0 radical (unpaired) electrons. The first-order valence-corrected chi connectivity index (χ1v) is 9.61. The van der Waals surface area contributed by atoms with E-state index in [1.165, 1.54) is 0 Å². The quantitative estimate of drug-likeness (QED) is 0.172. The predicted molar refractivity (Wildman–Crippen MR) is 101 cm³/mol. The molecule has 4 nitrogen and oxygen atoms in total. The number of fused-ring (bicyclic) bond motifs is 1. The Bertz CT molecular complexity index is 1120. The molecule has 0 fully saturated rings. The van der Waals surface area contributed by atoms with Gasteiger partial charge in [0.05, 0.1) is 6.61 Å². The van der Waals surface area contributed by atoms with E-state index in [4.69, 9.17) is 4.74 Å². The fourth-order valence-electron chi connectivity index (χ4n) is 2.69. The number of ether oxygens (including phenoxy) is 1. The van der Waals surface area contributed by atoms with Crippen LogP contribution in [0.3, 0.4) is 0 Å². The average molecular weight is 443 g/mol. The summed E-state index contributed by atoms with van der Waals surface area (Å²) in [6.45, 7) is 2.01. The molecule has 0 aliphatic rings. The van der Waals surface area contributed by atoms with Gasteiger partial charge in [-0.15, -0.1) is 11.3 Å². The number of esters is 1. The molecule has 0 atom stereocenters. The number of thiophene rings is 1. The Morgan fingerprint density at radius 1 is 0.933 bits per heavy atom. The van der Waals surface area contributed by atoms with Crippen molar-refractivity contribution in [3.63, 3.8) is 0 Å². The van der Waals surface area contributed by atoms with E-state index in [1.54, 1.807) is 24.3 Å². The Morgan fingerprint density at radius 3 is 2.17 bits per heavy atom. The molecular weight excluding hydrogens is 429 g/mol. The van der Waals surface area contributed by atoms with Crippen molar-refractivity contribution in [2.24, 2.45) is 0 Å². The van der Waals surface area contributed by atoms with E-state index in [1.807, 2.05) is 6.92 Å². The van der Waals surface area contributed by atoms with Crippen molar-refractivity contribution < 1.29 is 36.3 Å². The Hall–Kier alpha value is -3.01. The van der Waals surface area contributed by atoms with Gasteiger partial charge in [-0.3, -0.25) is 4.79 Å². The van der Waals surface area contributed by atoms with Crippen LogP contribution in [0.1, 0.15) is 40.5 Å². The van der Waals surface area contributed by atoms with Crippen molar-refractivity contribution in [3.05, 3.63) is 64.5 Å². The van der Waals surface area contributed by atoms with Gasteiger partial charge in [-0.05, 0) is 12.5 Å². The molecule has 1 aromatic heterocycles. The van der Waals surface area contributed by atoms with Crippen molar-refractivity contribution >= 4 is 38.3 Å². The molecule has 30 heavy (non-hydrogen) atoms. The number of rotatable bonds is 6. The molecule has 0 unspecified atom stereocenters. The van der Waals surface area contributed by atoms with E-state index in [-0.39, 0.29) is 17.2 Å². The van der Waals surface area contributed by atoms with Crippen LogP contribution in [0.25, 0.3) is 10.1 Å². The summed E-state index contributed by atoms with van der Waals surface area (Å²) in [4.78, 5) is 24.9. The van der Waals surface area contributed by atoms with Gasteiger partial charge in [-0.1, -0.05) is 31.5 Å². The number of hydrogen-bond acceptors (Lipinski definition) is 4. The fourth-order valence-corrected chi connectivity index (χ4v) is 3.77. The summed E-state index contributed by atoms with van der Waals surface area (Å²) in [5.41, 5.74) is -1.71. The van der Waals surface area contributed by atoms with Gasteiger partial charge < -0.3 is 10.1 Å². The van der Waals surface area contributed by atoms with Crippen LogP contribution in [0.5, 0.6) is 0 Å². The molecule has 1 heterocycles. The maximum Gasteiger partial charge on any atom is 0.341 e. The lowest BCUT2D eigenvalue weighted by Gasteiger charge is -2.10. The van der Waals surface area contributed by atoms with Crippen molar-refractivity contribution in [3.8, 4) is 0 Å². The number of hydrogen-bond donors (Lipinski definition) is 1. The van der Waals surface area contributed by atoms with Gasteiger partial charge >= 0.3 is 5.97 Å². The number of benzene rings is 2. The highest BCUT2D eigenvalue weighted by Crippen LogP contribution is 2.37. The van der Waals surface area contributed by atoms with Crippen molar-refractivity contribution in [2.45, 2.75) is 19.8 Å². The third kappa shape index (κ3) is 3.87. The highest BCUT2D eigenvalue weighted by atomic mass is 32.1. The number of nitrogens with one attached hydrogen (secondary N) is 1. The molecule has 3 aromatic rings. The SMILES string of the molecule is CCCCOC(=O)c1c(NC(=O)c2c(F)c(F)c(F)c(F)c2F)sc2ccccc12. The Labute approximate surface area is 171 Å². The second kappa shape index (κ2) is 8.78. The smallest absolute Gasteiger partial charge is 0.341 e. The molecule has 0 aliphatic carbocycles. The van der Waals surface area contributed by atoms with Crippen LogP contribution < -0.4 is 5.32 Å². The van der Waals surface area contributed by atoms with E-state index in [9.17, 15) is 31.5 Å². The molecule has 1 N–H and O–H groups in total. The van der Waals surface area contributed by atoms with Crippen molar-refractivity contribution in [1.82, 2.24) is 0 Å². The second-order valence-corrected chi connectivity index (χ2v) is 7.24. The predicted octanol–water partition coefficient (Wildman–Crippen LogP) is 5.81. The lowest BCUT2D eigenvalue weighted by Crippen LogP contribution is -2.20. The molecule has 10 heteroatoms. The first-order valence-electron chi connectivity index (χ1n) is 8.79. The van der Waals surface area contributed by atoms with Gasteiger partial charge in [0.25, 0.3) is 5.91 Å². The summed E-state index contributed by atoms with van der Waals surface area (Å²) in [5, 5.41) is 2.37. The van der Waals surface area contributed by atoms with Gasteiger partial charge in [0.15, 0.2) is 23.3 Å². The van der Waals surface area contributed by atoms with Crippen LogP contribution in [0, 0.1) is 29.1 Å². The zero-order valence-corrected chi connectivity index (χ0v) is 16.3. The van der Waals surface area contributed by atoms with E-state index in [0.29, 0.717) is 16.5 Å². The van der Waals surface area contributed by atoms with E-state index in [0.717, 1.165) is 17.8 Å². The number of anilines is 1. The number of carbonyl (C=O) groups is 2. The lowest BCUT2D eigenvalue weighted by atomic mass is 10.1. The number of carbonyl (C=O) groups excluding carboxylic acids is 2. The highest BCUT2D eigenvalue weighted by molar-refractivity contribution is 7.23. The molecule has 3 rings (SSSR count). The maximum absolute atomic E-state index is 14.0. The Morgan fingerprint density at radius 2 is 1.53 bits per heavy atom. The van der Waals surface area contributed by atoms with Crippen LogP contribution >= 0.6 is 11.3 Å². The number of halogens is 5. The molecule has 0 saturated heterocycles. The van der Waals surface area contributed by atoms with Crippen LogP contribution in [-0.4, -0.2) is 18.5 Å². The molecular formula is C20H14F5NO3S. The number of amides is 1. The summed E-state index contributed by atoms with van der Waals surface area (Å²) in [5.74, 6) is -13.8. The van der Waals surface area contributed by atoms with Crippen LogP contribution in [0.4, 0.5) is 27.0 Å². The van der Waals surface area contributed by atoms with E-state index < -0.39 is 46.5 Å². The zero-order chi connectivity index (χ0) is 22.0. The zero-order valence-electron chi connectivity index (χ0n) is 15.5. The van der Waals surface area contributed by atoms with Crippen LogP contribution in [0.15, 0.2) is 24.3 Å². The first kappa shape index (κ1) is 21.7. The normalized spacial score (nSPS) is 11.0. The molecule has 0 bridgehead atoms. The summed E-state index contributed by atoms with van der Waals surface area (Å²) in [6.07, 6.45) is 1.36. The van der Waals surface area contributed by atoms with E-state index >= 15 is 0 Å². The molecule has 2 aromatic carbocycles. The first-order chi connectivity index (χ1) is 14.3. The summed E-state index contributed by atoms with van der Waals surface area (Å²) in [6, 6.07) is 6.52. The van der Waals surface area contributed by atoms with E-state index in [2.05, 4.69) is 5.32 Å². The maximum atomic E-state index is 14.0. The summed E-state index contributed by atoms with van der Waals surface area (Å²) >= 11 is 0.898. The monoisotopic (exact) mass is 443 g/mol. The largest absolute Gasteiger partial charge is 0.462 e. The lowest BCUT2D eigenvalue weighted by molar-refractivity contribution is 0.0503. The minimum atomic E-state index is -2.37. The Balaban J connectivity index is 2.03. The summed E-state index contributed by atoms with van der Waals surface area (Å²) in [7, 11) is 0. The van der Waals surface area contributed by atoms with Crippen LogP contribution in [-0.2, 0) is 4.74 Å². The topological polar surface area (TPSA) is 55.4 Å². The average Bonchev–Trinajstić information content (AvgIpc) is 3.08. The van der Waals surface area contributed by atoms with Crippen molar-refractivity contribution in [2.75, 3.05) is 11.9 Å². The van der Waals surface area contributed by atoms with Gasteiger partial charge in [0, 0.05) is 10.1 Å². The second-order valence-electron chi connectivity index (χ2n) is 6.19. The summed E-state index contributed by atoms with van der Waals surface area (Å²) < 4.78 is 73.7. The minimum Gasteiger partial charge on any atom is -0.462 e. The van der Waals surface area contributed by atoms with Gasteiger partial charge in [-0.25, -0.2) is 26.7 Å². The fraction of sp³-hybridized carbons (Fsp3) is 0.200. The van der Waals surface area contributed by atoms with Gasteiger partial charge in [0.2, 0.25) is 5.82 Å². The number of unbranched alkanes of at least 4 members (excludes halogenated alkanes) is 1. The molecule has 0 aliphatic heterocycles. The Kier molecular flexibility index (Phi) is 6.35. The molecule has 0 saturated carbocycles. The van der Waals surface area contributed by atoms with Crippen molar-refractivity contribution in [1.29, 1.82) is 0 Å². The van der Waals surface area contributed by atoms with Crippen LogP contribution in [0.2, 0.25) is 0 Å². The third-order valence-electron chi connectivity index (χ3n) is 4.19. The van der Waals surface area contributed by atoms with Gasteiger partial charge in [0.1, 0.15) is 16.1 Å². The highest BCUT2D eigenvalue weighted by Gasteiger charge is 2.31. The van der Waals surface area contributed by atoms with Gasteiger partial charge in [-0.2, -0.15) is 0 Å². The molecule has 1 amide bonds. The standard InChI is InChI=1S/C20H14F5NO3S/c1-2-3-8-29-20(28)11-9-6-4-5-7-10(9)30-19(11)26-18(27)12-13(21)15(23)17(25)16(24)14(12)22/h4-7H,2-3,8H2,1H3,(H,26,27). The molecule has 0 spiro atoms. The third-order valence-corrected chi connectivity index (χ3v) is 5.28. The molecule has 158 valence electrons. The minimum absolute atomic E-state index is 0.0658.